The van der Waals surface area contributed by atoms with Gasteiger partial charge in [-0.1, -0.05) is 20.3 Å². The van der Waals surface area contributed by atoms with Crippen LogP contribution in [0.1, 0.15) is 85.0 Å². The fourth-order valence-electron chi connectivity index (χ4n) is 6.57. The lowest BCUT2D eigenvalue weighted by molar-refractivity contribution is -0.142. The van der Waals surface area contributed by atoms with Gasteiger partial charge in [-0.2, -0.15) is 11.8 Å². The molecule has 0 spiro atoms. The molecule has 338 valence electrons. The third-order valence-corrected chi connectivity index (χ3v) is 11.1. The van der Waals surface area contributed by atoms with E-state index in [4.69, 9.17) is 10.9 Å². The Labute approximate surface area is 351 Å². The normalized spacial score (nSPS) is 19.2. The number of thioether (sulfide) groups is 1. The summed E-state index contributed by atoms with van der Waals surface area (Å²) >= 11 is 1.82. The third-order valence-electron chi connectivity index (χ3n) is 9.63. The van der Waals surface area contributed by atoms with Crippen LogP contribution in [0.3, 0.4) is 0 Å². The standard InChI is InChI=1S/C36H60N10O13S/c1-18(2)12-20(13-26(49)46-59)33(55)42-22(14-29(52)53)34(56)44-30(19(3)47)35(57)40-15-27(50)39-16-28(51)41-21(32(37)54)8-6-7-11-38-25(48)10-5-4-9-24-31-23(17-60-24)43-36(58)45-31/h18-24,30-31,47,59H,4-17H2,1-3H3,(H2,37,54)(H,38,48)(H,39,50)(H,40,57)(H,41,51)(H,42,55)(H,44,56)(H,46,49)(H,52,53)(H2,43,45,58)/t19-,20?,21+,22+,23+,24+,30+,31+/m1/s1. The number of fused-ring (bicyclic) bond motifs is 1. The SMILES string of the molecule is CC(C)CC(CC(=O)NO)C(=O)N[C@@H](CC(=O)O)C(=O)N[C@H](C(=O)NCC(=O)NCC(=O)N[C@@H](CCCCNC(=O)CCCC[C@@H]1SC[C@@H]2NC(=O)N[C@@H]21)C(N)=O)[C@@H](C)O. The minimum Gasteiger partial charge on any atom is -0.481 e. The van der Waals surface area contributed by atoms with E-state index in [0.29, 0.717) is 37.5 Å². The van der Waals surface area contributed by atoms with Gasteiger partial charge in [0.1, 0.15) is 18.1 Å². The van der Waals surface area contributed by atoms with Crippen molar-refractivity contribution in [2.45, 2.75) is 127 Å². The van der Waals surface area contributed by atoms with Crippen LogP contribution < -0.4 is 53.7 Å². The number of urea groups is 1. The predicted octanol–water partition coefficient (Wildman–Crippen LogP) is -3.42. The van der Waals surface area contributed by atoms with Crippen LogP contribution in [0, 0.1) is 11.8 Å². The molecule has 2 saturated heterocycles. The van der Waals surface area contributed by atoms with Crippen molar-refractivity contribution in [3.8, 4) is 0 Å². The van der Waals surface area contributed by atoms with Gasteiger partial charge in [0.05, 0.1) is 37.7 Å². The van der Waals surface area contributed by atoms with Crippen LogP contribution in [-0.2, 0) is 43.2 Å². The van der Waals surface area contributed by atoms with E-state index in [1.165, 1.54) is 5.48 Å². The summed E-state index contributed by atoms with van der Waals surface area (Å²) in [5.41, 5.74) is 6.84. The number of hydrogen-bond donors (Lipinski definition) is 13. The van der Waals surface area contributed by atoms with Crippen LogP contribution in [0.25, 0.3) is 0 Å². The first-order valence-electron chi connectivity index (χ1n) is 19.8. The summed E-state index contributed by atoms with van der Waals surface area (Å²) in [6, 6.07) is -4.40. The van der Waals surface area contributed by atoms with Crippen LogP contribution in [-0.4, -0.2) is 142 Å². The maximum atomic E-state index is 13.1. The molecule has 10 amide bonds. The molecule has 0 aliphatic carbocycles. The molecule has 0 saturated carbocycles. The van der Waals surface area contributed by atoms with Gasteiger partial charge in [-0.25, -0.2) is 10.3 Å². The van der Waals surface area contributed by atoms with E-state index in [0.717, 1.165) is 25.5 Å². The molecule has 14 N–H and O–H groups in total. The van der Waals surface area contributed by atoms with Crippen molar-refractivity contribution in [1.29, 1.82) is 0 Å². The summed E-state index contributed by atoms with van der Waals surface area (Å²) in [6.45, 7) is 3.65. The fourth-order valence-corrected chi connectivity index (χ4v) is 8.11. The second-order valence-corrected chi connectivity index (χ2v) is 16.5. The van der Waals surface area contributed by atoms with Gasteiger partial charge in [0.25, 0.3) is 0 Å². The van der Waals surface area contributed by atoms with Gasteiger partial charge >= 0.3 is 12.0 Å². The minimum atomic E-state index is -1.75. The number of unbranched alkanes of at least 4 members (excludes halogenated alkanes) is 2. The van der Waals surface area contributed by atoms with Crippen LogP contribution in [0.5, 0.6) is 0 Å². The Hall–Kier alpha value is -5.23. The molecule has 2 aliphatic rings. The number of hydroxylamine groups is 1. The molecule has 1 unspecified atom stereocenters. The summed E-state index contributed by atoms with van der Waals surface area (Å²) in [6.07, 6.45) is 1.07. The molecule has 0 bridgehead atoms. The highest BCUT2D eigenvalue weighted by atomic mass is 32.2. The van der Waals surface area contributed by atoms with E-state index in [1.54, 1.807) is 13.8 Å². The molecule has 2 fully saturated rings. The van der Waals surface area contributed by atoms with Gasteiger partial charge in [-0.05, 0) is 51.4 Å². The first kappa shape index (κ1) is 50.9. The lowest BCUT2D eigenvalue weighted by atomic mass is 9.92. The Morgan fingerprint density at radius 3 is 2.12 bits per heavy atom. The summed E-state index contributed by atoms with van der Waals surface area (Å²) < 4.78 is 0. The number of carboxylic acid groups (broad SMARTS) is 1. The van der Waals surface area contributed by atoms with Gasteiger partial charge in [-0.15, -0.1) is 0 Å². The maximum absolute atomic E-state index is 13.1. The van der Waals surface area contributed by atoms with Crippen molar-refractivity contribution in [2.75, 3.05) is 25.4 Å². The molecule has 23 nitrogen and oxygen atoms in total. The molecule has 0 aromatic rings. The van der Waals surface area contributed by atoms with Crippen LogP contribution >= 0.6 is 11.8 Å². The molecule has 24 heteroatoms. The van der Waals surface area contributed by atoms with E-state index in [-0.39, 0.29) is 42.8 Å². The third kappa shape index (κ3) is 18.8. The lowest BCUT2D eigenvalue weighted by Gasteiger charge is -2.25. The lowest BCUT2D eigenvalue weighted by Crippen LogP contribution is -2.58. The fraction of sp³-hybridized carbons (Fsp3) is 0.722. The van der Waals surface area contributed by atoms with Crippen molar-refractivity contribution in [3.63, 3.8) is 0 Å². The molecule has 0 aromatic heterocycles. The number of carboxylic acids is 1. The van der Waals surface area contributed by atoms with E-state index in [2.05, 4.69) is 42.5 Å². The Kier molecular flexibility index (Phi) is 22.1. The Morgan fingerprint density at radius 1 is 0.783 bits per heavy atom. The zero-order valence-electron chi connectivity index (χ0n) is 34.0. The maximum Gasteiger partial charge on any atom is 0.315 e. The van der Waals surface area contributed by atoms with Gasteiger partial charge in [0.2, 0.25) is 47.3 Å². The molecule has 60 heavy (non-hydrogen) atoms. The Morgan fingerprint density at radius 2 is 1.48 bits per heavy atom. The number of nitrogens with two attached hydrogens (primary N) is 1. The van der Waals surface area contributed by atoms with Crippen molar-refractivity contribution >= 4 is 71.0 Å². The summed E-state index contributed by atoms with van der Waals surface area (Å²) in [5, 5.41) is 48.6. The number of carbonyl (C=O) groups is 10. The number of primary amides is 1. The molecular formula is C36H60N10O13S. The molecule has 0 radical (unpaired) electrons. The van der Waals surface area contributed by atoms with Gasteiger partial charge in [0, 0.05) is 36.3 Å². The van der Waals surface area contributed by atoms with Gasteiger partial charge in [-0.3, -0.25) is 48.4 Å². The second kappa shape index (κ2) is 26.1. The number of hydrogen-bond acceptors (Lipinski definition) is 13. The zero-order chi connectivity index (χ0) is 44.9. The van der Waals surface area contributed by atoms with E-state index in [9.17, 15) is 58.2 Å². The summed E-state index contributed by atoms with van der Waals surface area (Å²) in [7, 11) is 0. The number of aliphatic hydroxyl groups is 1. The molecule has 8 atom stereocenters. The average molecular weight is 873 g/mol. The average Bonchev–Trinajstić information content (AvgIpc) is 3.73. The minimum absolute atomic E-state index is 0.106. The highest BCUT2D eigenvalue weighted by Gasteiger charge is 2.42. The monoisotopic (exact) mass is 872 g/mol. The van der Waals surface area contributed by atoms with Crippen molar-refractivity contribution in [1.82, 2.24) is 48.0 Å². The number of carbonyl (C=O) groups excluding carboxylic acids is 9. The Bertz CT molecular complexity index is 1550. The van der Waals surface area contributed by atoms with Crippen LogP contribution in [0.2, 0.25) is 0 Å². The predicted molar refractivity (Wildman–Crippen MR) is 213 cm³/mol. The highest BCUT2D eigenvalue weighted by molar-refractivity contribution is 8.00. The molecule has 2 heterocycles. The number of aliphatic carboxylic acids is 1. The van der Waals surface area contributed by atoms with Gasteiger partial charge < -0.3 is 58.5 Å². The quantitative estimate of drug-likeness (QED) is 0.0158. The summed E-state index contributed by atoms with van der Waals surface area (Å²) in [5.74, 6) is -8.34. The number of amides is 10. The van der Waals surface area contributed by atoms with Gasteiger partial charge in [0.15, 0.2) is 0 Å². The topological polar surface area (TPSA) is 366 Å². The highest BCUT2D eigenvalue weighted by Crippen LogP contribution is 2.33. The first-order valence-corrected chi connectivity index (χ1v) is 20.9. The molecule has 0 aromatic carbocycles. The first-order chi connectivity index (χ1) is 28.3. The van der Waals surface area contributed by atoms with Crippen molar-refractivity contribution in [2.24, 2.45) is 17.6 Å². The molecule has 2 aliphatic heterocycles. The van der Waals surface area contributed by atoms with Crippen molar-refractivity contribution in [3.05, 3.63) is 0 Å². The number of rotatable bonds is 28. The number of nitrogens with one attached hydrogen (secondary N) is 9. The molecular weight excluding hydrogens is 813 g/mol. The smallest absolute Gasteiger partial charge is 0.315 e. The summed E-state index contributed by atoms with van der Waals surface area (Å²) in [4.78, 5) is 123. The second-order valence-electron chi connectivity index (χ2n) is 15.2. The number of aliphatic hydroxyl groups excluding tert-OH is 1. The largest absolute Gasteiger partial charge is 0.481 e. The Balaban J connectivity index is 1.73. The van der Waals surface area contributed by atoms with Crippen molar-refractivity contribution < 1.29 is 63.4 Å². The van der Waals surface area contributed by atoms with Crippen LogP contribution in [0.15, 0.2) is 0 Å². The zero-order valence-corrected chi connectivity index (χ0v) is 34.8. The van der Waals surface area contributed by atoms with E-state index < -0.39 is 103 Å². The van der Waals surface area contributed by atoms with Crippen LogP contribution in [0.4, 0.5) is 4.79 Å². The molecule has 2 rings (SSSR count). The van der Waals surface area contributed by atoms with E-state index >= 15 is 0 Å². The van der Waals surface area contributed by atoms with E-state index in [1.807, 2.05) is 11.8 Å².